The highest BCUT2D eigenvalue weighted by atomic mass is 19.2. The Morgan fingerprint density at radius 3 is 2.57 bits per heavy atom. The van der Waals surface area contributed by atoms with Crippen molar-refractivity contribution in [3.63, 3.8) is 0 Å². The number of amides is 2. The molecule has 6 nitrogen and oxygen atoms in total. The Balaban J connectivity index is 1.99. The molecule has 9 heteroatoms. The molecular weight excluding hydrogens is 291 g/mol. The van der Waals surface area contributed by atoms with E-state index in [-0.39, 0.29) is 12.3 Å². The molecule has 21 heavy (non-hydrogen) atoms. The number of ether oxygens (including phenoxy) is 1. The van der Waals surface area contributed by atoms with E-state index in [2.05, 4.69) is 10.9 Å². The zero-order valence-corrected chi connectivity index (χ0v) is 11.0. The lowest BCUT2D eigenvalue weighted by molar-refractivity contribution is -0.158. The summed E-state index contributed by atoms with van der Waals surface area (Å²) in [5, 5.41) is 0. The van der Waals surface area contributed by atoms with Crippen molar-refractivity contribution in [3.05, 3.63) is 29.6 Å². The Morgan fingerprint density at radius 2 is 1.95 bits per heavy atom. The van der Waals surface area contributed by atoms with Gasteiger partial charge in [0.05, 0.1) is 12.3 Å². The van der Waals surface area contributed by atoms with E-state index in [4.69, 9.17) is 4.74 Å². The molecule has 1 aromatic carbocycles. The zero-order chi connectivity index (χ0) is 15.6. The molecule has 2 N–H and O–H groups in total. The maximum atomic E-state index is 13.0. The second kappa shape index (κ2) is 6.00. The van der Waals surface area contributed by atoms with Crippen molar-refractivity contribution in [2.75, 3.05) is 25.6 Å². The Morgan fingerprint density at radius 1 is 1.33 bits per heavy atom. The summed E-state index contributed by atoms with van der Waals surface area (Å²) in [6.07, 6.45) is -1.34. The molecule has 1 aliphatic heterocycles. The lowest BCUT2D eigenvalue weighted by Crippen LogP contribution is -2.53. The molecule has 0 aromatic heterocycles. The number of benzene rings is 1. The molecule has 114 valence electrons. The number of likely N-dealkylation sites (N-methyl/N-ethyl adjacent to an activating group) is 1. The number of anilines is 1. The lowest BCUT2D eigenvalue weighted by atomic mass is 10.2. The van der Waals surface area contributed by atoms with Gasteiger partial charge in [-0.1, -0.05) is 0 Å². The number of nitrogens with one attached hydrogen (secondary N) is 2. The van der Waals surface area contributed by atoms with E-state index in [1.165, 1.54) is 11.9 Å². The Kier molecular flexibility index (Phi) is 4.32. The average Bonchev–Trinajstić information content (AvgIpc) is 2.45. The first kappa shape index (κ1) is 15.1. The molecule has 1 heterocycles. The van der Waals surface area contributed by atoms with Crippen molar-refractivity contribution in [1.82, 2.24) is 10.3 Å². The fraction of sp³-hybridized carbons (Fsp3) is 0.333. The van der Waals surface area contributed by atoms with E-state index in [9.17, 15) is 22.8 Å². The summed E-state index contributed by atoms with van der Waals surface area (Å²) in [6.45, 7) is 0.560. The second-order valence-corrected chi connectivity index (χ2v) is 4.38. The minimum Gasteiger partial charge on any atom is -0.357 e. The van der Waals surface area contributed by atoms with Gasteiger partial charge in [-0.05, 0) is 0 Å². The van der Waals surface area contributed by atoms with Gasteiger partial charge in [0, 0.05) is 25.7 Å². The lowest BCUT2D eigenvalue weighted by Gasteiger charge is -2.28. The molecule has 1 saturated heterocycles. The topological polar surface area (TPSA) is 70.7 Å². The van der Waals surface area contributed by atoms with Gasteiger partial charge in [0.25, 0.3) is 11.8 Å². The van der Waals surface area contributed by atoms with Crippen LogP contribution < -0.4 is 10.9 Å². The monoisotopic (exact) mass is 303 g/mol. The van der Waals surface area contributed by atoms with Crippen molar-refractivity contribution in [1.29, 1.82) is 0 Å². The molecule has 1 aromatic rings. The molecule has 1 unspecified atom stereocenters. The third-order valence-electron chi connectivity index (χ3n) is 2.86. The molecule has 1 fully saturated rings. The van der Waals surface area contributed by atoms with Gasteiger partial charge in [-0.15, -0.1) is 0 Å². The van der Waals surface area contributed by atoms with Crippen LogP contribution in [0.1, 0.15) is 0 Å². The van der Waals surface area contributed by atoms with Crippen LogP contribution in [0.25, 0.3) is 0 Å². The molecule has 0 radical (unpaired) electrons. The summed E-state index contributed by atoms with van der Waals surface area (Å²) < 4.78 is 43.7. The average molecular weight is 303 g/mol. The SMILES string of the molecule is CN1CCOC(C(=O)NNc2cc(F)c(F)c(F)c2)C1=O. The number of halogens is 3. The smallest absolute Gasteiger partial charge is 0.277 e. The van der Waals surface area contributed by atoms with Crippen LogP contribution in [0, 0.1) is 17.5 Å². The van der Waals surface area contributed by atoms with E-state index >= 15 is 0 Å². The van der Waals surface area contributed by atoms with Crippen LogP contribution in [0.3, 0.4) is 0 Å². The van der Waals surface area contributed by atoms with Gasteiger partial charge in [0.15, 0.2) is 17.5 Å². The van der Waals surface area contributed by atoms with E-state index in [0.29, 0.717) is 18.7 Å². The molecule has 1 aliphatic rings. The first-order chi connectivity index (χ1) is 9.90. The number of nitrogens with zero attached hydrogens (tertiary/aromatic N) is 1. The quantitative estimate of drug-likeness (QED) is 0.482. The first-order valence-electron chi connectivity index (χ1n) is 5.97. The maximum absolute atomic E-state index is 13.0. The van der Waals surface area contributed by atoms with Crippen LogP contribution in [0.2, 0.25) is 0 Å². The van der Waals surface area contributed by atoms with Gasteiger partial charge in [0.2, 0.25) is 6.10 Å². The minimum atomic E-state index is -1.61. The van der Waals surface area contributed by atoms with Crippen molar-refractivity contribution >= 4 is 17.5 Å². The van der Waals surface area contributed by atoms with E-state index < -0.39 is 35.4 Å². The van der Waals surface area contributed by atoms with Crippen LogP contribution in [-0.4, -0.2) is 43.0 Å². The van der Waals surface area contributed by atoms with Crippen molar-refractivity contribution < 1.29 is 27.5 Å². The molecule has 2 amide bonds. The number of rotatable bonds is 3. The fourth-order valence-electron chi connectivity index (χ4n) is 1.70. The Hall–Kier alpha value is -2.29. The highest BCUT2D eigenvalue weighted by Gasteiger charge is 2.33. The largest absolute Gasteiger partial charge is 0.357 e. The van der Waals surface area contributed by atoms with Gasteiger partial charge in [-0.25, -0.2) is 13.2 Å². The van der Waals surface area contributed by atoms with E-state index in [1.807, 2.05) is 0 Å². The minimum absolute atomic E-state index is 0.195. The first-order valence-corrected chi connectivity index (χ1v) is 5.97. The zero-order valence-electron chi connectivity index (χ0n) is 11.0. The summed E-state index contributed by atoms with van der Waals surface area (Å²) in [7, 11) is 1.52. The van der Waals surface area contributed by atoms with Gasteiger partial charge >= 0.3 is 0 Å². The van der Waals surface area contributed by atoms with E-state index in [0.717, 1.165) is 0 Å². The molecule has 0 aliphatic carbocycles. The third-order valence-corrected chi connectivity index (χ3v) is 2.86. The fourth-order valence-corrected chi connectivity index (χ4v) is 1.70. The van der Waals surface area contributed by atoms with Crippen LogP contribution in [0.4, 0.5) is 18.9 Å². The number of hydrogen-bond acceptors (Lipinski definition) is 4. The van der Waals surface area contributed by atoms with Gasteiger partial charge in [-0.2, -0.15) is 0 Å². The standard InChI is InChI=1S/C12H12F3N3O3/c1-18-2-3-21-10(12(18)20)11(19)17-16-6-4-7(13)9(15)8(14)5-6/h4-5,10,16H,2-3H2,1H3,(H,17,19). The summed E-state index contributed by atoms with van der Waals surface area (Å²) >= 11 is 0. The predicted octanol–water partition coefficient (Wildman–Crippen LogP) is 0.404. The number of morpholine rings is 1. The van der Waals surface area contributed by atoms with Gasteiger partial charge in [-0.3, -0.25) is 20.4 Å². The molecule has 2 rings (SSSR count). The normalized spacial score (nSPS) is 18.6. The van der Waals surface area contributed by atoms with Gasteiger partial charge < -0.3 is 9.64 Å². The summed E-state index contributed by atoms with van der Waals surface area (Å²) in [5.74, 6) is -5.78. The molecular formula is C12H12F3N3O3. The second-order valence-electron chi connectivity index (χ2n) is 4.38. The molecule has 0 saturated carbocycles. The number of hydrogen-bond donors (Lipinski definition) is 2. The third kappa shape index (κ3) is 3.24. The van der Waals surface area contributed by atoms with Crippen LogP contribution in [0.5, 0.6) is 0 Å². The van der Waals surface area contributed by atoms with E-state index in [1.54, 1.807) is 0 Å². The van der Waals surface area contributed by atoms with Crippen LogP contribution >= 0.6 is 0 Å². The number of carbonyl (C=O) groups excluding carboxylic acids is 2. The molecule has 0 bridgehead atoms. The molecule has 0 spiro atoms. The van der Waals surface area contributed by atoms with Crippen molar-refractivity contribution in [2.24, 2.45) is 0 Å². The predicted molar refractivity (Wildman–Crippen MR) is 65.5 cm³/mol. The summed E-state index contributed by atoms with van der Waals surface area (Å²) in [5.41, 5.74) is 4.05. The van der Waals surface area contributed by atoms with Gasteiger partial charge in [0.1, 0.15) is 0 Å². The van der Waals surface area contributed by atoms with Crippen LogP contribution in [0.15, 0.2) is 12.1 Å². The van der Waals surface area contributed by atoms with Crippen LogP contribution in [-0.2, 0) is 14.3 Å². The highest BCUT2D eigenvalue weighted by Crippen LogP contribution is 2.16. The highest BCUT2D eigenvalue weighted by molar-refractivity contribution is 6.03. The molecule has 1 atom stereocenters. The van der Waals surface area contributed by atoms with Crippen molar-refractivity contribution in [2.45, 2.75) is 6.10 Å². The maximum Gasteiger partial charge on any atom is 0.277 e. The summed E-state index contributed by atoms with van der Waals surface area (Å²) in [6, 6.07) is 1.32. The summed E-state index contributed by atoms with van der Waals surface area (Å²) in [4.78, 5) is 24.8. The number of carbonyl (C=O) groups is 2. The Labute approximate surface area is 117 Å². The number of hydrazine groups is 1. The van der Waals surface area contributed by atoms with Crippen molar-refractivity contribution in [3.8, 4) is 0 Å². The Bertz CT molecular complexity index is 559.